The van der Waals surface area contributed by atoms with Gasteiger partial charge in [0.05, 0.1) is 16.3 Å². The van der Waals surface area contributed by atoms with Gasteiger partial charge in [0, 0.05) is 68.9 Å². The van der Waals surface area contributed by atoms with Crippen LogP contribution in [-0.4, -0.2) is 72.8 Å². The van der Waals surface area contributed by atoms with E-state index in [9.17, 15) is 13.2 Å². The molecule has 1 unspecified atom stereocenters. The summed E-state index contributed by atoms with van der Waals surface area (Å²) in [6.07, 6.45) is 6.64. The summed E-state index contributed by atoms with van der Waals surface area (Å²) in [5.74, 6) is -0.264. The molecule has 0 saturated carbocycles. The zero-order valence-electron chi connectivity index (χ0n) is 21.7. The Morgan fingerprint density at radius 2 is 1.51 bits per heavy atom. The Morgan fingerprint density at radius 1 is 0.795 bits per heavy atom. The van der Waals surface area contributed by atoms with E-state index in [4.69, 9.17) is 0 Å². The molecule has 4 heterocycles. The Hall–Kier alpha value is -3.82. The molecular weight excluding hydrogens is 510 g/mol. The number of pyridine rings is 2. The Kier molecular flexibility index (Phi) is 7.01. The van der Waals surface area contributed by atoms with Crippen LogP contribution in [0.25, 0.3) is 22.0 Å². The van der Waals surface area contributed by atoms with Crippen molar-refractivity contribution >= 4 is 32.5 Å². The number of sulfonamides is 1. The number of carbonyl (C=O) groups is 1. The van der Waals surface area contributed by atoms with E-state index in [-0.39, 0.29) is 23.3 Å². The van der Waals surface area contributed by atoms with Gasteiger partial charge in [-0.1, -0.05) is 30.3 Å². The molecule has 2 aromatic carbocycles. The third-order valence-corrected chi connectivity index (χ3v) is 9.68. The highest BCUT2D eigenvalue weighted by Gasteiger charge is 2.36. The summed E-state index contributed by atoms with van der Waals surface area (Å²) in [6.45, 7) is 3.37. The molecule has 2 aliphatic rings. The smallest absolute Gasteiger partial charge is 0.243 e. The third-order valence-electron chi connectivity index (χ3n) is 7.80. The first-order valence-corrected chi connectivity index (χ1v) is 14.8. The highest BCUT2D eigenvalue weighted by molar-refractivity contribution is 7.89. The number of hydrogen-bond donors (Lipinski definition) is 0. The summed E-state index contributed by atoms with van der Waals surface area (Å²) < 4.78 is 28.4. The van der Waals surface area contributed by atoms with E-state index >= 15 is 0 Å². The van der Waals surface area contributed by atoms with Crippen LogP contribution >= 0.6 is 0 Å². The number of rotatable bonds is 5. The second-order valence-corrected chi connectivity index (χ2v) is 12.1. The van der Waals surface area contributed by atoms with Gasteiger partial charge >= 0.3 is 0 Å². The molecule has 0 N–H and O–H groups in total. The fourth-order valence-electron chi connectivity index (χ4n) is 5.66. The average molecular weight is 542 g/mol. The summed E-state index contributed by atoms with van der Waals surface area (Å²) in [5, 5.41) is 1.11. The molecule has 2 aromatic heterocycles. The average Bonchev–Trinajstić information content (AvgIpc) is 3.01. The maximum absolute atomic E-state index is 13.5. The van der Waals surface area contributed by atoms with Crippen LogP contribution in [0.15, 0.2) is 90.2 Å². The molecule has 200 valence electrons. The quantitative estimate of drug-likeness (QED) is 0.379. The number of para-hydroxylation sites is 1. The molecule has 2 saturated heterocycles. The Bertz CT molecular complexity index is 1560. The first kappa shape index (κ1) is 25.5. The number of nitrogens with zero attached hydrogens (tertiary/aromatic N) is 5. The first-order chi connectivity index (χ1) is 19.0. The van der Waals surface area contributed by atoms with Gasteiger partial charge in [-0.15, -0.1) is 0 Å². The minimum atomic E-state index is -3.69. The standard InChI is InChI=1S/C30H31N5O3S/c36-30(34-20-18-33(19-21-34)29-13-16-32-28-6-2-1-5-27(28)29)25-4-3-17-35(22-25)39(37,38)26-9-7-23(8-10-26)24-11-14-31-15-12-24/h1-2,5-16,25H,3-4,17-22H2. The van der Waals surface area contributed by atoms with Gasteiger partial charge in [0.15, 0.2) is 0 Å². The molecule has 0 bridgehead atoms. The monoisotopic (exact) mass is 541 g/mol. The predicted octanol–water partition coefficient (Wildman–Crippen LogP) is 4.05. The molecule has 1 amide bonds. The number of piperidine rings is 1. The topological polar surface area (TPSA) is 86.7 Å². The minimum Gasteiger partial charge on any atom is -0.367 e. The normalized spacial score (nSPS) is 18.8. The summed E-state index contributed by atoms with van der Waals surface area (Å²) in [5.41, 5.74) is 4.01. The predicted molar refractivity (Wildman–Crippen MR) is 152 cm³/mol. The highest BCUT2D eigenvalue weighted by Crippen LogP contribution is 2.29. The second-order valence-electron chi connectivity index (χ2n) is 10.1. The molecule has 0 aliphatic carbocycles. The van der Waals surface area contributed by atoms with Crippen molar-refractivity contribution in [1.82, 2.24) is 19.2 Å². The van der Waals surface area contributed by atoms with Crippen molar-refractivity contribution in [3.8, 4) is 11.1 Å². The number of anilines is 1. The molecular formula is C30H31N5O3S. The van der Waals surface area contributed by atoms with Crippen LogP contribution in [0.5, 0.6) is 0 Å². The van der Waals surface area contributed by atoms with Crippen molar-refractivity contribution in [2.24, 2.45) is 5.92 Å². The third kappa shape index (κ3) is 5.12. The molecule has 39 heavy (non-hydrogen) atoms. The fourth-order valence-corrected chi connectivity index (χ4v) is 7.18. The number of aromatic nitrogens is 2. The van der Waals surface area contributed by atoms with Crippen LogP contribution in [0.1, 0.15) is 12.8 Å². The first-order valence-electron chi connectivity index (χ1n) is 13.4. The lowest BCUT2D eigenvalue weighted by Crippen LogP contribution is -2.53. The van der Waals surface area contributed by atoms with Crippen molar-refractivity contribution in [2.75, 3.05) is 44.2 Å². The van der Waals surface area contributed by atoms with Gasteiger partial charge < -0.3 is 9.80 Å². The highest BCUT2D eigenvalue weighted by atomic mass is 32.2. The van der Waals surface area contributed by atoms with Gasteiger partial charge in [-0.25, -0.2) is 8.42 Å². The lowest BCUT2D eigenvalue weighted by Gasteiger charge is -2.39. The van der Waals surface area contributed by atoms with Gasteiger partial charge in [-0.05, 0) is 60.4 Å². The van der Waals surface area contributed by atoms with E-state index in [0.29, 0.717) is 32.5 Å². The zero-order chi connectivity index (χ0) is 26.8. The summed E-state index contributed by atoms with van der Waals surface area (Å²) in [4.78, 5) is 26.5. The molecule has 1 atom stereocenters. The van der Waals surface area contributed by atoms with Gasteiger partial charge in [-0.2, -0.15) is 4.31 Å². The SMILES string of the molecule is O=C(C1CCCN(S(=O)(=O)c2ccc(-c3ccncc3)cc2)C1)N1CCN(c2ccnc3ccccc23)CC1. The van der Waals surface area contributed by atoms with Crippen molar-refractivity contribution in [3.63, 3.8) is 0 Å². The maximum Gasteiger partial charge on any atom is 0.243 e. The minimum absolute atomic E-state index is 0.0576. The van der Waals surface area contributed by atoms with Crippen LogP contribution in [0.3, 0.4) is 0 Å². The Labute approximate surface area is 229 Å². The number of carbonyl (C=O) groups excluding carboxylic acids is 1. The van der Waals surface area contributed by atoms with Crippen LogP contribution < -0.4 is 4.90 Å². The van der Waals surface area contributed by atoms with Crippen LogP contribution in [0.4, 0.5) is 5.69 Å². The summed E-state index contributed by atoms with van der Waals surface area (Å²) >= 11 is 0. The van der Waals surface area contributed by atoms with E-state index < -0.39 is 10.0 Å². The lowest BCUT2D eigenvalue weighted by molar-refractivity contribution is -0.137. The van der Waals surface area contributed by atoms with E-state index in [1.54, 1.807) is 24.5 Å². The van der Waals surface area contributed by atoms with E-state index in [0.717, 1.165) is 40.8 Å². The van der Waals surface area contributed by atoms with Gasteiger partial charge in [0.1, 0.15) is 0 Å². The van der Waals surface area contributed by atoms with Gasteiger partial charge in [0.25, 0.3) is 0 Å². The number of fused-ring (bicyclic) bond motifs is 1. The van der Waals surface area contributed by atoms with Crippen molar-refractivity contribution < 1.29 is 13.2 Å². The zero-order valence-corrected chi connectivity index (χ0v) is 22.5. The molecule has 6 rings (SSSR count). The van der Waals surface area contributed by atoms with Gasteiger partial charge in [0.2, 0.25) is 15.9 Å². The van der Waals surface area contributed by atoms with Crippen molar-refractivity contribution in [3.05, 3.63) is 85.3 Å². The molecule has 2 aliphatic heterocycles. The van der Waals surface area contributed by atoms with Crippen molar-refractivity contribution in [2.45, 2.75) is 17.7 Å². The molecule has 2 fully saturated rings. The van der Waals surface area contributed by atoms with Crippen molar-refractivity contribution in [1.29, 1.82) is 0 Å². The van der Waals surface area contributed by atoms with E-state index in [2.05, 4.69) is 20.9 Å². The molecule has 4 aromatic rings. The number of amides is 1. The Balaban J connectivity index is 1.10. The fraction of sp³-hybridized carbons (Fsp3) is 0.300. The maximum atomic E-state index is 13.5. The number of benzene rings is 2. The lowest BCUT2D eigenvalue weighted by atomic mass is 9.97. The Morgan fingerprint density at radius 3 is 2.28 bits per heavy atom. The van der Waals surface area contributed by atoms with E-state index in [1.807, 2.05) is 59.6 Å². The number of hydrogen-bond acceptors (Lipinski definition) is 6. The summed E-state index contributed by atoms with van der Waals surface area (Å²) in [7, 11) is -3.69. The molecule has 9 heteroatoms. The summed E-state index contributed by atoms with van der Waals surface area (Å²) in [6, 6.07) is 20.9. The van der Waals surface area contributed by atoms with Crippen LogP contribution in [0.2, 0.25) is 0 Å². The van der Waals surface area contributed by atoms with Gasteiger partial charge in [-0.3, -0.25) is 14.8 Å². The molecule has 0 radical (unpaired) electrons. The molecule has 8 nitrogen and oxygen atoms in total. The number of piperazine rings is 1. The molecule has 0 spiro atoms. The largest absolute Gasteiger partial charge is 0.367 e. The van der Waals surface area contributed by atoms with Crippen LogP contribution in [0, 0.1) is 5.92 Å². The van der Waals surface area contributed by atoms with E-state index in [1.165, 1.54) is 4.31 Å². The van der Waals surface area contributed by atoms with Crippen LogP contribution in [-0.2, 0) is 14.8 Å². The second kappa shape index (κ2) is 10.7.